The SMILES string of the molecule is CCOC(=O)c1cn(CC)c2cc(-c3ccncc3)ccc2c1=O. The Kier molecular flexibility index (Phi) is 4.42. The summed E-state index contributed by atoms with van der Waals surface area (Å²) in [6.07, 6.45) is 5.05. The first-order chi connectivity index (χ1) is 11.7. The van der Waals surface area contributed by atoms with E-state index in [1.165, 1.54) is 0 Å². The normalized spacial score (nSPS) is 10.8. The average Bonchev–Trinajstić information content (AvgIpc) is 2.62. The number of carbonyl (C=O) groups excluding carboxylic acids is 1. The van der Waals surface area contributed by atoms with Crippen LogP contribution in [0.4, 0.5) is 0 Å². The molecular weight excluding hydrogens is 304 g/mol. The fourth-order valence-electron chi connectivity index (χ4n) is 2.73. The van der Waals surface area contributed by atoms with Gasteiger partial charge in [-0.2, -0.15) is 0 Å². The Labute approximate surface area is 139 Å². The van der Waals surface area contributed by atoms with Gasteiger partial charge in [-0.15, -0.1) is 0 Å². The van der Waals surface area contributed by atoms with Gasteiger partial charge in [0.05, 0.1) is 12.1 Å². The Balaban J connectivity index is 2.22. The molecule has 0 atom stereocenters. The molecule has 0 amide bonds. The molecule has 0 aliphatic carbocycles. The largest absolute Gasteiger partial charge is 0.462 e. The number of rotatable bonds is 4. The van der Waals surface area contributed by atoms with Gasteiger partial charge in [0.1, 0.15) is 5.56 Å². The van der Waals surface area contributed by atoms with Crippen molar-refractivity contribution in [3.05, 3.63) is 64.7 Å². The van der Waals surface area contributed by atoms with Crippen LogP contribution in [0, 0.1) is 0 Å². The molecule has 0 aliphatic rings. The van der Waals surface area contributed by atoms with Gasteiger partial charge >= 0.3 is 5.97 Å². The van der Waals surface area contributed by atoms with Crippen molar-refractivity contribution in [1.29, 1.82) is 0 Å². The number of aryl methyl sites for hydroxylation is 1. The lowest BCUT2D eigenvalue weighted by atomic mass is 10.0. The molecule has 5 nitrogen and oxygen atoms in total. The second-order valence-corrected chi connectivity index (χ2v) is 5.35. The summed E-state index contributed by atoms with van der Waals surface area (Å²) in [7, 11) is 0. The summed E-state index contributed by atoms with van der Waals surface area (Å²) in [4.78, 5) is 28.7. The van der Waals surface area contributed by atoms with Crippen LogP contribution < -0.4 is 5.43 Å². The van der Waals surface area contributed by atoms with Gasteiger partial charge in [0.15, 0.2) is 0 Å². The van der Waals surface area contributed by atoms with Crippen molar-refractivity contribution >= 4 is 16.9 Å². The van der Waals surface area contributed by atoms with Crippen LogP contribution >= 0.6 is 0 Å². The average molecular weight is 322 g/mol. The summed E-state index contributed by atoms with van der Waals surface area (Å²) < 4.78 is 6.89. The smallest absolute Gasteiger partial charge is 0.343 e. The number of ether oxygens (including phenoxy) is 1. The van der Waals surface area contributed by atoms with Gasteiger partial charge in [-0.3, -0.25) is 9.78 Å². The molecule has 1 aromatic carbocycles. The zero-order chi connectivity index (χ0) is 17.1. The summed E-state index contributed by atoms with van der Waals surface area (Å²) in [6.45, 7) is 4.57. The number of fused-ring (bicyclic) bond motifs is 1. The fourth-order valence-corrected chi connectivity index (χ4v) is 2.73. The molecule has 0 spiro atoms. The molecule has 0 fully saturated rings. The van der Waals surface area contributed by atoms with Crippen molar-refractivity contribution in [1.82, 2.24) is 9.55 Å². The first kappa shape index (κ1) is 15.9. The lowest BCUT2D eigenvalue weighted by Gasteiger charge is -2.12. The fraction of sp³-hybridized carbons (Fsp3) is 0.211. The molecule has 24 heavy (non-hydrogen) atoms. The van der Waals surface area contributed by atoms with Crippen LogP contribution in [0.2, 0.25) is 0 Å². The van der Waals surface area contributed by atoms with Crippen molar-refractivity contribution < 1.29 is 9.53 Å². The van der Waals surface area contributed by atoms with Crippen molar-refractivity contribution in [2.24, 2.45) is 0 Å². The van der Waals surface area contributed by atoms with E-state index in [-0.39, 0.29) is 17.6 Å². The van der Waals surface area contributed by atoms with Crippen LogP contribution in [0.15, 0.2) is 53.7 Å². The molecule has 0 N–H and O–H groups in total. The summed E-state index contributed by atoms with van der Waals surface area (Å²) in [6, 6.07) is 9.45. The standard InChI is InChI=1S/C19H18N2O3/c1-3-21-12-16(19(23)24-4-2)18(22)15-6-5-14(11-17(15)21)13-7-9-20-10-8-13/h5-12H,3-4H2,1-2H3. The maximum atomic E-state index is 12.6. The first-order valence-electron chi connectivity index (χ1n) is 7.90. The van der Waals surface area contributed by atoms with E-state index in [1.54, 1.807) is 31.6 Å². The Bertz CT molecular complexity index is 946. The summed E-state index contributed by atoms with van der Waals surface area (Å²) >= 11 is 0. The minimum atomic E-state index is -0.579. The van der Waals surface area contributed by atoms with Crippen LogP contribution in [0.1, 0.15) is 24.2 Å². The van der Waals surface area contributed by atoms with Crippen molar-refractivity contribution in [2.45, 2.75) is 20.4 Å². The van der Waals surface area contributed by atoms with Crippen LogP contribution in [0.5, 0.6) is 0 Å². The van der Waals surface area contributed by atoms with E-state index in [2.05, 4.69) is 4.98 Å². The highest BCUT2D eigenvalue weighted by Crippen LogP contribution is 2.23. The molecule has 0 aliphatic heterocycles. The third kappa shape index (κ3) is 2.80. The number of hydrogen-bond acceptors (Lipinski definition) is 4. The number of carbonyl (C=O) groups is 1. The number of aromatic nitrogens is 2. The highest BCUT2D eigenvalue weighted by atomic mass is 16.5. The number of nitrogens with zero attached hydrogens (tertiary/aromatic N) is 2. The maximum Gasteiger partial charge on any atom is 0.343 e. The second-order valence-electron chi connectivity index (χ2n) is 5.35. The monoisotopic (exact) mass is 322 g/mol. The highest BCUT2D eigenvalue weighted by Gasteiger charge is 2.16. The molecule has 0 saturated heterocycles. The number of esters is 1. The number of pyridine rings is 2. The number of hydrogen-bond donors (Lipinski definition) is 0. The van der Waals surface area contributed by atoms with Crippen LogP contribution in [0.25, 0.3) is 22.0 Å². The molecular formula is C19H18N2O3. The molecule has 0 bridgehead atoms. The minimum absolute atomic E-state index is 0.0721. The summed E-state index contributed by atoms with van der Waals surface area (Å²) in [5.74, 6) is -0.579. The van der Waals surface area contributed by atoms with E-state index in [1.807, 2.05) is 35.8 Å². The van der Waals surface area contributed by atoms with Crippen LogP contribution in [0.3, 0.4) is 0 Å². The lowest BCUT2D eigenvalue weighted by molar-refractivity contribution is 0.0524. The molecule has 0 unspecified atom stereocenters. The van der Waals surface area contributed by atoms with Gasteiger partial charge in [0.2, 0.25) is 5.43 Å². The molecule has 3 rings (SSSR count). The van der Waals surface area contributed by atoms with E-state index >= 15 is 0 Å². The predicted octanol–water partition coefficient (Wildman–Crippen LogP) is 3.26. The predicted molar refractivity (Wildman–Crippen MR) is 93.1 cm³/mol. The molecule has 0 saturated carbocycles. The number of benzene rings is 1. The van der Waals surface area contributed by atoms with Gasteiger partial charge in [-0.05, 0) is 49.2 Å². The maximum absolute atomic E-state index is 12.6. The van der Waals surface area contributed by atoms with Crippen molar-refractivity contribution in [2.75, 3.05) is 6.61 Å². The molecule has 3 aromatic rings. The highest BCUT2D eigenvalue weighted by molar-refractivity contribution is 5.94. The van der Waals surface area contributed by atoms with Crippen LogP contribution in [-0.4, -0.2) is 22.1 Å². The van der Waals surface area contributed by atoms with Crippen molar-refractivity contribution in [3.8, 4) is 11.1 Å². The Morgan fingerprint density at radius 2 is 1.88 bits per heavy atom. The zero-order valence-corrected chi connectivity index (χ0v) is 13.7. The Hall–Kier alpha value is -2.95. The summed E-state index contributed by atoms with van der Waals surface area (Å²) in [5.41, 5.74) is 2.59. The Morgan fingerprint density at radius 1 is 1.12 bits per heavy atom. The van der Waals surface area contributed by atoms with E-state index < -0.39 is 5.97 Å². The first-order valence-corrected chi connectivity index (χ1v) is 7.90. The van der Waals surface area contributed by atoms with Crippen LogP contribution in [-0.2, 0) is 11.3 Å². The van der Waals surface area contributed by atoms with Gasteiger partial charge in [0.25, 0.3) is 0 Å². The zero-order valence-electron chi connectivity index (χ0n) is 13.7. The minimum Gasteiger partial charge on any atom is -0.462 e. The van der Waals surface area contributed by atoms with Gasteiger partial charge in [-0.25, -0.2) is 4.79 Å². The van der Waals surface area contributed by atoms with Gasteiger partial charge in [-0.1, -0.05) is 6.07 Å². The quantitative estimate of drug-likeness (QED) is 0.692. The lowest BCUT2D eigenvalue weighted by Crippen LogP contribution is -2.20. The van der Waals surface area contributed by atoms with E-state index in [0.717, 1.165) is 16.6 Å². The molecule has 122 valence electrons. The molecule has 0 radical (unpaired) electrons. The Morgan fingerprint density at radius 3 is 2.54 bits per heavy atom. The van der Waals surface area contributed by atoms with Crippen molar-refractivity contribution in [3.63, 3.8) is 0 Å². The van der Waals surface area contributed by atoms with E-state index in [4.69, 9.17) is 4.74 Å². The topological polar surface area (TPSA) is 61.2 Å². The third-order valence-corrected chi connectivity index (χ3v) is 3.93. The van der Waals surface area contributed by atoms with Gasteiger partial charge < -0.3 is 9.30 Å². The summed E-state index contributed by atoms with van der Waals surface area (Å²) in [5, 5.41) is 0.514. The van der Waals surface area contributed by atoms with E-state index in [9.17, 15) is 9.59 Å². The third-order valence-electron chi connectivity index (χ3n) is 3.93. The molecule has 2 aromatic heterocycles. The second kappa shape index (κ2) is 6.66. The molecule has 2 heterocycles. The van der Waals surface area contributed by atoms with E-state index in [0.29, 0.717) is 11.9 Å². The van der Waals surface area contributed by atoms with Gasteiger partial charge in [0, 0.05) is 30.5 Å². The molecule has 5 heteroatoms.